The Morgan fingerprint density at radius 1 is 1.13 bits per heavy atom. The second kappa shape index (κ2) is 7.75. The van der Waals surface area contributed by atoms with Gasteiger partial charge in [0.2, 0.25) is 0 Å². The van der Waals surface area contributed by atoms with Crippen LogP contribution >= 0.6 is 0 Å². The van der Waals surface area contributed by atoms with Crippen molar-refractivity contribution in [2.24, 2.45) is 0 Å². The lowest BCUT2D eigenvalue weighted by atomic mass is 10.0. The molecule has 0 radical (unpaired) electrons. The van der Waals surface area contributed by atoms with Gasteiger partial charge >= 0.3 is 5.97 Å². The van der Waals surface area contributed by atoms with Gasteiger partial charge in [0.05, 0.1) is 41.5 Å². The summed E-state index contributed by atoms with van der Waals surface area (Å²) < 4.78 is 10.7. The van der Waals surface area contributed by atoms with Gasteiger partial charge < -0.3 is 14.6 Å². The average molecular weight is 420 g/mol. The van der Waals surface area contributed by atoms with Crippen molar-refractivity contribution in [3.63, 3.8) is 0 Å². The van der Waals surface area contributed by atoms with Crippen LogP contribution in [0.1, 0.15) is 10.4 Å². The number of benzene rings is 2. The number of nitrogens with one attached hydrogen (secondary N) is 1. The molecular formula is C21H16N4O6. The van der Waals surface area contributed by atoms with Crippen LogP contribution in [0.4, 0.5) is 5.69 Å². The van der Waals surface area contributed by atoms with Crippen LogP contribution in [0.3, 0.4) is 0 Å². The van der Waals surface area contributed by atoms with Gasteiger partial charge in [-0.15, -0.1) is 0 Å². The largest absolute Gasteiger partial charge is 0.493 e. The quantitative estimate of drug-likeness (QED) is 0.353. The predicted octanol–water partition coefficient (Wildman–Crippen LogP) is 3.92. The summed E-state index contributed by atoms with van der Waals surface area (Å²) in [6.07, 6.45) is 0. The minimum atomic E-state index is -1.19. The van der Waals surface area contributed by atoms with Crippen LogP contribution in [0.25, 0.3) is 33.5 Å². The number of rotatable bonds is 6. The molecule has 2 aromatic carbocycles. The molecule has 0 fully saturated rings. The van der Waals surface area contributed by atoms with Crippen LogP contribution in [0.2, 0.25) is 0 Å². The van der Waals surface area contributed by atoms with Crippen molar-refractivity contribution in [2.75, 3.05) is 14.2 Å². The van der Waals surface area contributed by atoms with Crippen LogP contribution in [0.5, 0.6) is 11.5 Å². The Hall–Kier alpha value is -4.47. The van der Waals surface area contributed by atoms with Gasteiger partial charge in [0.25, 0.3) is 5.69 Å². The first kappa shape index (κ1) is 19.8. The van der Waals surface area contributed by atoms with E-state index in [9.17, 15) is 20.0 Å². The number of fused-ring (bicyclic) bond motifs is 1. The standard InChI is InChI=1S/C21H16N4O6/c1-30-16-8-4-7-13(19(16)31-2)15-10-14(21(26)27)17-18(23-24-20(17)22-15)11-5-3-6-12(9-11)25(28)29/h3-10H,1-2H3,(H,26,27)(H,22,23,24). The highest BCUT2D eigenvalue weighted by Crippen LogP contribution is 2.39. The minimum absolute atomic E-state index is 0.0554. The Kier molecular flexibility index (Phi) is 4.96. The summed E-state index contributed by atoms with van der Waals surface area (Å²) in [6, 6.07) is 12.4. The Balaban J connectivity index is 1.97. The van der Waals surface area contributed by atoms with Gasteiger partial charge in [0.15, 0.2) is 17.1 Å². The van der Waals surface area contributed by atoms with Gasteiger partial charge in [-0.2, -0.15) is 5.10 Å². The van der Waals surface area contributed by atoms with E-state index in [0.717, 1.165) is 0 Å². The lowest BCUT2D eigenvalue weighted by molar-refractivity contribution is -0.384. The van der Waals surface area contributed by atoms with Crippen LogP contribution in [0.15, 0.2) is 48.5 Å². The normalized spacial score (nSPS) is 10.8. The number of hydrogen-bond acceptors (Lipinski definition) is 7. The second-order valence-corrected chi connectivity index (χ2v) is 6.51. The highest BCUT2D eigenvalue weighted by Gasteiger charge is 2.22. The SMILES string of the molecule is COc1cccc(-c2cc(C(=O)O)c3c(-c4cccc([N+](=O)[O-])c4)[nH]nc3n2)c1OC. The fraction of sp³-hybridized carbons (Fsp3) is 0.0952. The number of pyridine rings is 1. The molecule has 0 aliphatic heterocycles. The third-order valence-corrected chi connectivity index (χ3v) is 4.78. The Morgan fingerprint density at radius 2 is 1.90 bits per heavy atom. The number of aromatic amines is 1. The Morgan fingerprint density at radius 3 is 2.58 bits per heavy atom. The Bertz CT molecular complexity index is 1330. The third-order valence-electron chi connectivity index (χ3n) is 4.78. The summed E-state index contributed by atoms with van der Waals surface area (Å²) in [6.45, 7) is 0. The molecule has 31 heavy (non-hydrogen) atoms. The maximum Gasteiger partial charge on any atom is 0.336 e. The summed E-state index contributed by atoms with van der Waals surface area (Å²) in [7, 11) is 2.98. The summed E-state index contributed by atoms with van der Waals surface area (Å²) in [4.78, 5) is 27.2. The zero-order valence-corrected chi connectivity index (χ0v) is 16.4. The molecule has 2 aromatic heterocycles. The molecule has 2 N–H and O–H groups in total. The van der Waals surface area contributed by atoms with Crippen molar-refractivity contribution < 1.29 is 24.3 Å². The average Bonchev–Trinajstić information content (AvgIpc) is 3.21. The summed E-state index contributed by atoms with van der Waals surface area (Å²) in [5.74, 6) is -0.315. The molecule has 0 aliphatic carbocycles. The molecular weight excluding hydrogens is 404 g/mol. The van der Waals surface area contributed by atoms with E-state index in [1.54, 1.807) is 24.3 Å². The highest BCUT2D eigenvalue weighted by molar-refractivity contribution is 6.08. The van der Waals surface area contributed by atoms with Crippen molar-refractivity contribution in [3.05, 3.63) is 64.2 Å². The van der Waals surface area contributed by atoms with Crippen molar-refractivity contribution in [3.8, 4) is 34.0 Å². The molecule has 0 unspecified atom stereocenters. The molecule has 10 nitrogen and oxygen atoms in total. The molecule has 2 heterocycles. The van der Waals surface area contributed by atoms with E-state index in [-0.39, 0.29) is 22.3 Å². The maximum absolute atomic E-state index is 12.1. The van der Waals surface area contributed by atoms with Gasteiger partial charge in [-0.1, -0.05) is 18.2 Å². The topological polar surface area (TPSA) is 140 Å². The highest BCUT2D eigenvalue weighted by atomic mass is 16.6. The Labute approximate surface area is 175 Å². The molecule has 10 heteroatoms. The number of nitro groups is 1. The number of hydrogen-bond donors (Lipinski definition) is 2. The summed E-state index contributed by atoms with van der Waals surface area (Å²) >= 11 is 0. The van der Waals surface area contributed by atoms with Crippen molar-refractivity contribution in [1.82, 2.24) is 15.2 Å². The van der Waals surface area contributed by atoms with Crippen molar-refractivity contribution in [1.29, 1.82) is 0 Å². The number of aromatic carboxylic acids is 1. The first-order valence-electron chi connectivity index (χ1n) is 9.03. The number of ether oxygens (including phenoxy) is 2. The zero-order chi connectivity index (χ0) is 22.1. The number of carboxylic acid groups (broad SMARTS) is 1. The molecule has 0 aliphatic rings. The van der Waals surface area contributed by atoms with Gasteiger partial charge in [0.1, 0.15) is 0 Å². The van der Waals surface area contributed by atoms with Gasteiger partial charge in [-0.05, 0) is 18.2 Å². The second-order valence-electron chi connectivity index (χ2n) is 6.51. The molecule has 0 amide bonds. The van der Waals surface area contributed by atoms with Crippen LogP contribution in [0, 0.1) is 10.1 Å². The fourth-order valence-electron chi connectivity index (χ4n) is 3.40. The van der Waals surface area contributed by atoms with Crippen LogP contribution in [-0.2, 0) is 0 Å². The number of methoxy groups -OCH3 is 2. The predicted molar refractivity (Wildman–Crippen MR) is 111 cm³/mol. The maximum atomic E-state index is 12.1. The van der Waals surface area contributed by atoms with Crippen molar-refractivity contribution in [2.45, 2.75) is 0 Å². The van der Waals surface area contributed by atoms with E-state index in [1.807, 2.05) is 0 Å². The van der Waals surface area contributed by atoms with Gasteiger partial charge in [-0.3, -0.25) is 15.2 Å². The number of carboxylic acids is 1. The first-order valence-corrected chi connectivity index (χ1v) is 9.03. The third kappa shape index (κ3) is 3.39. The molecule has 0 bridgehead atoms. The number of para-hydroxylation sites is 1. The van der Waals surface area contributed by atoms with E-state index in [2.05, 4.69) is 15.2 Å². The number of H-pyrrole nitrogens is 1. The molecule has 4 rings (SSSR count). The van der Waals surface area contributed by atoms with Crippen molar-refractivity contribution >= 4 is 22.7 Å². The lowest BCUT2D eigenvalue weighted by Crippen LogP contribution is -2.01. The molecule has 0 atom stereocenters. The number of aromatic nitrogens is 3. The molecule has 4 aromatic rings. The van der Waals surface area contributed by atoms with E-state index >= 15 is 0 Å². The fourth-order valence-corrected chi connectivity index (χ4v) is 3.40. The smallest absolute Gasteiger partial charge is 0.336 e. The lowest BCUT2D eigenvalue weighted by Gasteiger charge is -2.12. The number of nitrogens with zero attached hydrogens (tertiary/aromatic N) is 3. The summed E-state index contributed by atoms with van der Waals surface area (Å²) in [5.41, 5.74) is 1.59. The molecule has 0 saturated heterocycles. The van der Waals surface area contributed by atoms with Crippen LogP contribution < -0.4 is 9.47 Å². The van der Waals surface area contributed by atoms with Gasteiger partial charge in [0, 0.05) is 23.3 Å². The number of nitro benzene ring substituents is 1. The molecule has 156 valence electrons. The molecule has 0 spiro atoms. The van der Waals surface area contributed by atoms with E-state index < -0.39 is 10.9 Å². The first-order chi connectivity index (χ1) is 14.9. The minimum Gasteiger partial charge on any atom is -0.493 e. The van der Waals surface area contributed by atoms with Crippen LogP contribution in [-0.4, -0.2) is 45.4 Å². The van der Waals surface area contributed by atoms with E-state index in [1.165, 1.54) is 38.5 Å². The van der Waals surface area contributed by atoms with Gasteiger partial charge in [-0.25, -0.2) is 9.78 Å². The zero-order valence-electron chi connectivity index (χ0n) is 16.4. The van der Waals surface area contributed by atoms with E-state index in [0.29, 0.717) is 34.0 Å². The molecule has 0 saturated carbocycles. The number of carbonyl (C=O) groups is 1. The number of non-ortho nitro benzene ring substituents is 1. The summed E-state index contributed by atoms with van der Waals surface area (Å²) in [5, 5.41) is 28.2. The van der Waals surface area contributed by atoms with E-state index in [4.69, 9.17) is 9.47 Å². The monoisotopic (exact) mass is 420 g/mol.